The van der Waals surface area contributed by atoms with Gasteiger partial charge in [-0.3, -0.25) is 0 Å². The van der Waals surface area contributed by atoms with Gasteiger partial charge < -0.3 is 9.64 Å². The second-order valence-electron chi connectivity index (χ2n) is 5.72. The summed E-state index contributed by atoms with van der Waals surface area (Å²) in [6.07, 6.45) is -5.44. The van der Waals surface area contributed by atoms with Gasteiger partial charge in [0.25, 0.3) is 0 Å². The van der Waals surface area contributed by atoms with Crippen LogP contribution in [-0.4, -0.2) is 32.0 Å². The first-order valence-corrected chi connectivity index (χ1v) is 7.09. The third kappa shape index (κ3) is 3.88. The Morgan fingerprint density at radius 1 is 1.23 bits per heavy atom. The predicted molar refractivity (Wildman–Crippen MR) is 73.1 cm³/mol. The van der Waals surface area contributed by atoms with Gasteiger partial charge in [0.2, 0.25) is 0 Å². The molecule has 0 radical (unpaired) electrons. The van der Waals surface area contributed by atoms with E-state index in [1.807, 2.05) is 0 Å². The number of halogens is 5. The van der Waals surface area contributed by atoms with Crippen molar-refractivity contribution in [2.24, 2.45) is 0 Å². The van der Waals surface area contributed by atoms with Crippen LogP contribution < -0.4 is 4.90 Å². The van der Waals surface area contributed by atoms with Crippen molar-refractivity contribution in [3.63, 3.8) is 0 Å². The normalized spacial score (nSPS) is 19.8. The zero-order chi connectivity index (χ0) is 16.5. The minimum atomic E-state index is -4.36. The van der Waals surface area contributed by atoms with Gasteiger partial charge in [-0.1, -0.05) is 13.8 Å². The molecule has 1 atom stereocenters. The second kappa shape index (κ2) is 6.40. The van der Waals surface area contributed by atoms with Gasteiger partial charge in [-0.25, -0.2) is 8.78 Å². The summed E-state index contributed by atoms with van der Waals surface area (Å²) < 4.78 is 71.1. The average Bonchev–Trinajstić information content (AvgIpc) is 2.35. The smallest absolute Gasteiger partial charge is 0.377 e. The van der Waals surface area contributed by atoms with E-state index in [0.717, 1.165) is 12.1 Å². The van der Waals surface area contributed by atoms with Gasteiger partial charge in [0.1, 0.15) is 11.6 Å². The molecule has 0 N–H and O–H groups in total. The van der Waals surface area contributed by atoms with Crippen LogP contribution >= 0.6 is 0 Å². The third-order valence-corrected chi connectivity index (χ3v) is 3.67. The van der Waals surface area contributed by atoms with E-state index >= 15 is 0 Å². The van der Waals surface area contributed by atoms with Crippen LogP contribution in [0.2, 0.25) is 0 Å². The Labute approximate surface area is 125 Å². The van der Waals surface area contributed by atoms with Gasteiger partial charge >= 0.3 is 6.18 Å². The summed E-state index contributed by atoms with van der Waals surface area (Å²) in [7, 11) is 0. The highest BCUT2D eigenvalue weighted by molar-refractivity contribution is 5.50. The fourth-order valence-electron chi connectivity index (χ4n) is 2.72. The lowest BCUT2D eigenvalue weighted by atomic mass is 10.0. The molecule has 124 valence electrons. The Hall–Kier alpha value is -1.37. The lowest BCUT2D eigenvalue weighted by molar-refractivity contribution is -0.143. The average molecular weight is 323 g/mol. The van der Waals surface area contributed by atoms with Crippen LogP contribution in [0.15, 0.2) is 12.1 Å². The third-order valence-electron chi connectivity index (χ3n) is 3.67. The number of alkyl halides is 3. The number of benzene rings is 1. The number of anilines is 1. The van der Waals surface area contributed by atoms with E-state index in [0.29, 0.717) is 0 Å². The molecule has 22 heavy (non-hydrogen) atoms. The van der Waals surface area contributed by atoms with E-state index in [2.05, 4.69) is 0 Å². The quantitative estimate of drug-likeness (QED) is 0.771. The number of hydrogen-bond donors (Lipinski definition) is 0. The Morgan fingerprint density at radius 2 is 1.82 bits per heavy atom. The Balaban J connectivity index is 2.32. The summed E-state index contributed by atoms with van der Waals surface area (Å²) >= 11 is 0. The van der Waals surface area contributed by atoms with Crippen LogP contribution in [-0.2, 0) is 4.74 Å². The summed E-state index contributed by atoms with van der Waals surface area (Å²) in [6, 6.07) is 1.23. The summed E-state index contributed by atoms with van der Waals surface area (Å²) in [4.78, 5) is 1.37. The van der Waals surface area contributed by atoms with Crippen LogP contribution in [0.4, 0.5) is 27.6 Å². The molecule has 0 aliphatic carbocycles. The minimum absolute atomic E-state index is 0.0515. The van der Waals surface area contributed by atoms with Crippen molar-refractivity contribution in [2.45, 2.75) is 38.4 Å². The van der Waals surface area contributed by atoms with Crippen molar-refractivity contribution in [2.75, 3.05) is 24.7 Å². The van der Waals surface area contributed by atoms with Crippen LogP contribution in [0.3, 0.4) is 0 Å². The first kappa shape index (κ1) is 17.0. The maximum absolute atomic E-state index is 14.1. The van der Waals surface area contributed by atoms with E-state index < -0.39 is 30.3 Å². The highest BCUT2D eigenvalue weighted by Gasteiger charge is 2.36. The Morgan fingerprint density at radius 3 is 2.32 bits per heavy atom. The monoisotopic (exact) mass is 323 g/mol. The van der Waals surface area contributed by atoms with E-state index in [9.17, 15) is 22.0 Å². The Kier molecular flexibility index (Phi) is 4.94. The van der Waals surface area contributed by atoms with E-state index in [1.54, 1.807) is 13.8 Å². The van der Waals surface area contributed by atoms with Gasteiger partial charge in [-0.15, -0.1) is 0 Å². The molecule has 0 saturated carbocycles. The summed E-state index contributed by atoms with van der Waals surface area (Å²) in [5, 5.41) is 0. The second-order valence-corrected chi connectivity index (χ2v) is 5.72. The SMILES string of the molecule is CC(C)c1c(F)cc(N2CCOC[C@H]2CC(F)(F)F)cc1F. The van der Waals surface area contributed by atoms with Crippen molar-refractivity contribution in [3.05, 3.63) is 29.3 Å². The molecule has 1 aliphatic heterocycles. The largest absolute Gasteiger partial charge is 0.391 e. The molecule has 0 spiro atoms. The van der Waals surface area contributed by atoms with Crippen molar-refractivity contribution < 1.29 is 26.7 Å². The molecule has 0 bridgehead atoms. The van der Waals surface area contributed by atoms with Crippen molar-refractivity contribution >= 4 is 5.69 Å². The van der Waals surface area contributed by atoms with Crippen LogP contribution in [0, 0.1) is 11.6 Å². The maximum atomic E-state index is 14.1. The molecule has 2 nitrogen and oxygen atoms in total. The zero-order valence-electron chi connectivity index (χ0n) is 12.4. The molecule has 1 heterocycles. The molecule has 0 amide bonds. The van der Waals surface area contributed by atoms with Gasteiger partial charge in [-0.2, -0.15) is 13.2 Å². The number of hydrogen-bond acceptors (Lipinski definition) is 2. The predicted octanol–water partition coefficient (Wildman–Crippen LogP) is 4.25. The molecule has 7 heteroatoms. The number of nitrogens with zero attached hydrogens (tertiary/aromatic N) is 1. The van der Waals surface area contributed by atoms with Gasteiger partial charge in [-0.05, 0) is 18.1 Å². The molecule has 1 aromatic carbocycles. The first-order valence-electron chi connectivity index (χ1n) is 7.09. The molecule has 0 aromatic heterocycles. The van der Waals surface area contributed by atoms with E-state index in [4.69, 9.17) is 4.74 Å². The lowest BCUT2D eigenvalue weighted by Gasteiger charge is -2.38. The number of ether oxygens (including phenoxy) is 1. The van der Waals surface area contributed by atoms with Crippen molar-refractivity contribution in [3.8, 4) is 0 Å². The number of rotatable bonds is 3. The maximum Gasteiger partial charge on any atom is 0.391 e. The van der Waals surface area contributed by atoms with Gasteiger partial charge in [0.15, 0.2) is 0 Å². The van der Waals surface area contributed by atoms with Gasteiger partial charge in [0, 0.05) is 17.8 Å². The summed E-state index contributed by atoms with van der Waals surface area (Å²) in [5.74, 6) is -1.81. The summed E-state index contributed by atoms with van der Waals surface area (Å²) in [5.41, 5.74) is 0.0707. The highest BCUT2D eigenvalue weighted by atomic mass is 19.4. The zero-order valence-corrected chi connectivity index (χ0v) is 12.4. The topological polar surface area (TPSA) is 12.5 Å². The summed E-state index contributed by atoms with van der Waals surface area (Å²) in [6.45, 7) is 3.59. The lowest BCUT2D eigenvalue weighted by Crippen LogP contribution is -2.47. The highest BCUT2D eigenvalue weighted by Crippen LogP contribution is 2.32. The molecule has 2 rings (SSSR count). The fourth-order valence-corrected chi connectivity index (χ4v) is 2.72. The van der Waals surface area contributed by atoms with Crippen LogP contribution in [0.5, 0.6) is 0 Å². The van der Waals surface area contributed by atoms with Crippen LogP contribution in [0.25, 0.3) is 0 Å². The van der Waals surface area contributed by atoms with Crippen molar-refractivity contribution in [1.29, 1.82) is 0 Å². The molecule has 1 saturated heterocycles. The standard InChI is InChI=1S/C15H18F5NO/c1-9(2)14-12(16)5-10(6-13(14)17)21-3-4-22-8-11(21)7-15(18,19)20/h5-6,9,11H,3-4,7-8H2,1-2H3/t11-/m1/s1. The molecular formula is C15H18F5NO. The number of morpholine rings is 1. The van der Waals surface area contributed by atoms with E-state index in [-0.39, 0.29) is 36.9 Å². The minimum Gasteiger partial charge on any atom is -0.377 e. The fraction of sp³-hybridized carbons (Fsp3) is 0.600. The van der Waals surface area contributed by atoms with E-state index in [1.165, 1.54) is 4.90 Å². The Bertz CT molecular complexity index is 506. The van der Waals surface area contributed by atoms with Gasteiger partial charge in [0.05, 0.1) is 25.7 Å². The molecule has 0 unspecified atom stereocenters. The first-order chi connectivity index (χ1) is 10.2. The molecular weight excluding hydrogens is 305 g/mol. The van der Waals surface area contributed by atoms with Crippen molar-refractivity contribution in [1.82, 2.24) is 0 Å². The molecule has 1 aliphatic rings. The van der Waals surface area contributed by atoms with Crippen LogP contribution in [0.1, 0.15) is 31.7 Å². The molecule has 1 aromatic rings. The molecule has 1 fully saturated rings.